The van der Waals surface area contributed by atoms with Gasteiger partial charge in [-0.05, 0) is 59.5 Å². The van der Waals surface area contributed by atoms with Crippen LogP contribution in [-0.2, 0) is 0 Å². The molecule has 2 heterocycles. The third-order valence-electron chi connectivity index (χ3n) is 8.14. The molecule has 4 nitrogen and oxygen atoms in total. The topological polar surface area (TPSA) is 18.6 Å². The van der Waals surface area contributed by atoms with Gasteiger partial charge in [0.15, 0.2) is 11.4 Å². The summed E-state index contributed by atoms with van der Waals surface area (Å²) >= 11 is 0. The fourth-order valence-corrected chi connectivity index (χ4v) is 6.41. The lowest BCUT2D eigenvalue weighted by atomic mass is 9.97. The highest BCUT2D eigenvalue weighted by Gasteiger charge is 2.20. The van der Waals surface area contributed by atoms with Gasteiger partial charge in [0, 0.05) is 27.4 Å². The van der Waals surface area contributed by atoms with Gasteiger partial charge in [0.25, 0.3) is 0 Å². The van der Waals surface area contributed by atoms with Crippen molar-refractivity contribution >= 4 is 55.0 Å². The van der Waals surface area contributed by atoms with E-state index < -0.39 is 0 Å². The Bertz CT molecular complexity index is 2390. The molecular weight excluding hydrogens is 512 g/mol. The quantitative estimate of drug-likeness (QED) is 0.201. The van der Waals surface area contributed by atoms with Crippen molar-refractivity contribution in [2.45, 2.75) is 0 Å². The first-order valence-corrected chi connectivity index (χ1v) is 13.8. The minimum atomic E-state index is 0.591. The molecule has 0 saturated carbocycles. The second kappa shape index (κ2) is 9.24. The largest absolute Gasteiger partial charge is 0.311 e. The molecule has 8 aromatic rings. The van der Waals surface area contributed by atoms with Crippen molar-refractivity contribution in [2.75, 3.05) is 0 Å². The highest BCUT2D eigenvalue weighted by molar-refractivity contribution is 6.17. The van der Waals surface area contributed by atoms with E-state index in [1.54, 1.807) is 0 Å². The predicted molar refractivity (Wildman–Crippen MR) is 173 cm³/mol. The standard InChI is InChI=1S/C38H22N4/c1-39-25-11-9-12-27(23-25)41-36-22-21-26(40-2)24-32(36)38-31(16-10-20-37(38)41)30-15-5-8-19-35(30)42-33-17-6-3-13-28(33)29-14-4-7-18-34(29)42/h3-24H. The molecule has 6 aromatic carbocycles. The molecule has 0 unspecified atom stereocenters. The van der Waals surface area contributed by atoms with Gasteiger partial charge in [0.05, 0.1) is 40.9 Å². The van der Waals surface area contributed by atoms with Crippen molar-refractivity contribution < 1.29 is 0 Å². The lowest BCUT2D eigenvalue weighted by molar-refractivity contribution is 1.18. The summed E-state index contributed by atoms with van der Waals surface area (Å²) in [5.41, 5.74) is 9.76. The van der Waals surface area contributed by atoms with E-state index in [2.05, 4.69) is 110 Å². The number of hydrogen-bond donors (Lipinski definition) is 0. The molecular formula is C38H22N4. The monoisotopic (exact) mass is 534 g/mol. The van der Waals surface area contributed by atoms with Gasteiger partial charge in [-0.1, -0.05) is 84.9 Å². The molecule has 8 rings (SSSR count). The van der Waals surface area contributed by atoms with Crippen LogP contribution < -0.4 is 0 Å². The van der Waals surface area contributed by atoms with Crippen LogP contribution in [0.4, 0.5) is 11.4 Å². The molecule has 0 fully saturated rings. The van der Waals surface area contributed by atoms with Crippen LogP contribution in [0.3, 0.4) is 0 Å². The van der Waals surface area contributed by atoms with Crippen LogP contribution in [0.1, 0.15) is 0 Å². The van der Waals surface area contributed by atoms with E-state index >= 15 is 0 Å². The normalized spacial score (nSPS) is 11.3. The molecule has 0 bridgehead atoms. The van der Waals surface area contributed by atoms with Crippen molar-refractivity contribution in [3.63, 3.8) is 0 Å². The third-order valence-corrected chi connectivity index (χ3v) is 8.14. The zero-order chi connectivity index (χ0) is 28.2. The highest BCUT2D eigenvalue weighted by atomic mass is 15.0. The maximum atomic E-state index is 7.73. The number of rotatable bonds is 3. The Morgan fingerprint density at radius 1 is 0.429 bits per heavy atom. The van der Waals surface area contributed by atoms with Crippen LogP contribution in [0.2, 0.25) is 0 Å². The van der Waals surface area contributed by atoms with Gasteiger partial charge < -0.3 is 9.13 Å². The van der Waals surface area contributed by atoms with Gasteiger partial charge in [0.2, 0.25) is 0 Å². The van der Waals surface area contributed by atoms with Crippen molar-refractivity contribution in [2.24, 2.45) is 0 Å². The maximum absolute atomic E-state index is 7.73. The Labute approximate surface area is 242 Å². The fourth-order valence-electron chi connectivity index (χ4n) is 6.41. The van der Waals surface area contributed by atoms with Gasteiger partial charge in [-0.15, -0.1) is 0 Å². The minimum Gasteiger partial charge on any atom is -0.311 e. The van der Waals surface area contributed by atoms with Crippen LogP contribution in [0, 0.1) is 13.1 Å². The summed E-state index contributed by atoms with van der Waals surface area (Å²) in [6.07, 6.45) is 0. The Kier molecular flexibility index (Phi) is 5.22. The van der Waals surface area contributed by atoms with E-state index in [0.29, 0.717) is 11.4 Å². The zero-order valence-corrected chi connectivity index (χ0v) is 22.5. The number of nitrogens with zero attached hydrogens (tertiary/aromatic N) is 4. The molecule has 0 radical (unpaired) electrons. The summed E-state index contributed by atoms with van der Waals surface area (Å²) in [4.78, 5) is 7.44. The maximum Gasteiger partial charge on any atom is 0.189 e. The molecule has 0 aliphatic carbocycles. The minimum absolute atomic E-state index is 0.591. The second-order valence-corrected chi connectivity index (χ2v) is 10.4. The average molecular weight is 535 g/mol. The summed E-state index contributed by atoms with van der Waals surface area (Å²) < 4.78 is 4.57. The van der Waals surface area contributed by atoms with Gasteiger partial charge in [-0.3, -0.25) is 0 Å². The molecule has 0 amide bonds. The van der Waals surface area contributed by atoms with Crippen LogP contribution in [-0.4, -0.2) is 9.13 Å². The summed E-state index contributed by atoms with van der Waals surface area (Å²) in [5.74, 6) is 0. The van der Waals surface area contributed by atoms with Crippen LogP contribution >= 0.6 is 0 Å². The van der Waals surface area contributed by atoms with Crippen LogP contribution in [0.15, 0.2) is 133 Å². The van der Waals surface area contributed by atoms with Gasteiger partial charge in [0.1, 0.15) is 0 Å². The van der Waals surface area contributed by atoms with Gasteiger partial charge in [-0.25, -0.2) is 9.69 Å². The number of hydrogen-bond acceptors (Lipinski definition) is 0. The Balaban J connectivity index is 1.50. The first-order chi connectivity index (χ1) is 20.8. The second-order valence-electron chi connectivity index (χ2n) is 10.4. The van der Waals surface area contributed by atoms with Crippen LogP contribution in [0.5, 0.6) is 0 Å². The molecule has 4 heteroatoms. The Hall–Kier alpha value is -6.10. The predicted octanol–water partition coefficient (Wildman–Crippen LogP) is 10.6. The zero-order valence-electron chi connectivity index (χ0n) is 22.5. The SMILES string of the molecule is [C-]#[N+]c1cccc(-n2c3ccc([N+]#[C-])cc3c3c(-c4ccccc4-n4c5ccccc5c5ccccc54)cccc32)c1. The lowest BCUT2D eigenvalue weighted by Gasteiger charge is -2.15. The first-order valence-electron chi connectivity index (χ1n) is 13.8. The van der Waals surface area contributed by atoms with Crippen molar-refractivity contribution in [1.82, 2.24) is 9.13 Å². The van der Waals surface area contributed by atoms with Crippen molar-refractivity contribution in [1.29, 1.82) is 0 Å². The van der Waals surface area contributed by atoms with E-state index in [0.717, 1.165) is 55.3 Å². The smallest absolute Gasteiger partial charge is 0.189 e. The number of para-hydroxylation sites is 3. The number of fused-ring (bicyclic) bond motifs is 6. The molecule has 0 atom stereocenters. The van der Waals surface area contributed by atoms with E-state index in [9.17, 15) is 0 Å². The Morgan fingerprint density at radius 2 is 1.02 bits per heavy atom. The molecule has 2 aromatic heterocycles. The summed E-state index contributed by atoms with van der Waals surface area (Å²) in [5, 5.41) is 4.54. The van der Waals surface area contributed by atoms with Crippen LogP contribution in [0.25, 0.3) is 75.8 Å². The molecule has 0 N–H and O–H groups in total. The van der Waals surface area contributed by atoms with E-state index in [1.165, 1.54) is 10.8 Å². The van der Waals surface area contributed by atoms with E-state index in [4.69, 9.17) is 13.1 Å². The third kappa shape index (κ3) is 3.40. The lowest BCUT2D eigenvalue weighted by Crippen LogP contribution is -1.97. The molecule has 42 heavy (non-hydrogen) atoms. The van der Waals surface area contributed by atoms with Crippen molar-refractivity contribution in [3.05, 3.63) is 156 Å². The number of aromatic nitrogens is 2. The molecule has 0 aliphatic rings. The van der Waals surface area contributed by atoms with E-state index in [-0.39, 0.29) is 0 Å². The molecule has 0 aliphatic heterocycles. The van der Waals surface area contributed by atoms with Crippen molar-refractivity contribution in [3.8, 4) is 22.5 Å². The first kappa shape index (κ1) is 23.8. The summed E-state index contributed by atoms with van der Waals surface area (Å²) in [7, 11) is 0. The highest BCUT2D eigenvalue weighted by Crippen LogP contribution is 2.43. The molecule has 0 spiro atoms. The average Bonchev–Trinajstić information content (AvgIpc) is 3.57. The Morgan fingerprint density at radius 3 is 1.79 bits per heavy atom. The number of benzene rings is 6. The molecule has 0 saturated heterocycles. The fraction of sp³-hybridized carbons (Fsp3) is 0. The summed E-state index contributed by atoms with van der Waals surface area (Å²) in [6, 6.07) is 45.7. The van der Waals surface area contributed by atoms with Gasteiger partial charge >= 0.3 is 0 Å². The summed E-state index contributed by atoms with van der Waals surface area (Å²) in [6.45, 7) is 15.3. The van der Waals surface area contributed by atoms with E-state index in [1.807, 2.05) is 42.5 Å². The molecule has 194 valence electrons. The van der Waals surface area contributed by atoms with Gasteiger partial charge in [-0.2, -0.15) is 0 Å².